The minimum atomic E-state index is -1.33. The van der Waals surface area contributed by atoms with Crippen molar-refractivity contribution >= 4 is 46.5 Å². The van der Waals surface area contributed by atoms with Crippen LogP contribution in [0.1, 0.15) is 15.9 Å². The van der Waals surface area contributed by atoms with Gasteiger partial charge < -0.3 is 15.5 Å². The maximum atomic E-state index is 13.7. The fourth-order valence-electron chi connectivity index (χ4n) is 2.50. The number of rotatable bonds is 5. The lowest BCUT2D eigenvalue weighted by Crippen LogP contribution is -2.36. The number of amides is 3. The van der Waals surface area contributed by atoms with Gasteiger partial charge in [0, 0.05) is 17.3 Å². The molecule has 148 valence electrons. The van der Waals surface area contributed by atoms with Crippen LogP contribution in [0.15, 0.2) is 47.4 Å². The number of phenols is 1. The number of carbonyl (C=O) groups is 4. The number of carboxylic acid groups (broad SMARTS) is 1. The van der Waals surface area contributed by atoms with E-state index in [1.807, 2.05) is 0 Å². The highest BCUT2D eigenvalue weighted by Gasteiger charge is 2.36. The lowest BCUT2D eigenvalue weighted by atomic mass is 10.2. The van der Waals surface area contributed by atoms with Gasteiger partial charge in [-0.15, -0.1) is 0 Å². The topological polar surface area (TPSA) is 124 Å². The number of hydrogen-bond donors (Lipinski definition) is 3. The fourth-order valence-corrected chi connectivity index (χ4v) is 3.33. The summed E-state index contributed by atoms with van der Waals surface area (Å²) in [5.74, 6) is -3.90. The van der Waals surface area contributed by atoms with Gasteiger partial charge in [0.2, 0.25) is 5.91 Å². The molecule has 0 atom stereocenters. The molecular formula is C19H13FN2O6S. The van der Waals surface area contributed by atoms with Crippen molar-refractivity contribution in [2.45, 2.75) is 0 Å². The van der Waals surface area contributed by atoms with Crippen molar-refractivity contribution in [3.05, 3.63) is 64.3 Å². The second-order valence-corrected chi connectivity index (χ2v) is 6.87. The minimum Gasteiger partial charge on any atom is -0.507 e. The minimum absolute atomic E-state index is 0.0173. The molecule has 0 aromatic heterocycles. The molecule has 8 nitrogen and oxygen atoms in total. The Labute approximate surface area is 167 Å². The monoisotopic (exact) mass is 416 g/mol. The average Bonchev–Trinajstić information content (AvgIpc) is 2.91. The number of imide groups is 1. The van der Waals surface area contributed by atoms with Crippen LogP contribution in [-0.4, -0.2) is 44.7 Å². The molecule has 1 aliphatic rings. The van der Waals surface area contributed by atoms with Crippen LogP contribution >= 0.6 is 11.8 Å². The molecule has 1 fully saturated rings. The summed E-state index contributed by atoms with van der Waals surface area (Å²) in [5.41, 5.74) is -0.116. The van der Waals surface area contributed by atoms with Crippen molar-refractivity contribution in [1.82, 2.24) is 4.90 Å². The molecule has 2 aromatic carbocycles. The zero-order chi connectivity index (χ0) is 21.1. The number of nitrogens with zero attached hydrogens (tertiary/aromatic N) is 1. The molecule has 1 saturated heterocycles. The molecule has 0 saturated carbocycles. The molecule has 0 radical (unpaired) electrons. The van der Waals surface area contributed by atoms with E-state index >= 15 is 0 Å². The molecular weight excluding hydrogens is 403 g/mol. The largest absolute Gasteiger partial charge is 0.507 e. The number of benzene rings is 2. The summed E-state index contributed by atoms with van der Waals surface area (Å²) >= 11 is 0.588. The molecule has 3 rings (SSSR count). The molecule has 3 N–H and O–H groups in total. The first-order valence-electron chi connectivity index (χ1n) is 8.12. The van der Waals surface area contributed by atoms with Crippen LogP contribution in [0.4, 0.5) is 14.9 Å². The van der Waals surface area contributed by atoms with Gasteiger partial charge in [0.1, 0.15) is 23.7 Å². The highest BCUT2D eigenvalue weighted by atomic mass is 32.2. The first-order chi connectivity index (χ1) is 13.8. The van der Waals surface area contributed by atoms with E-state index in [4.69, 9.17) is 5.11 Å². The van der Waals surface area contributed by atoms with Gasteiger partial charge in [0.25, 0.3) is 11.1 Å². The molecule has 0 bridgehead atoms. The SMILES string of the molecule is O=C(CN1C(=O)SC(=Cc2ccccc2F)C1=O)Nc1ccc(C(=O)O)c(O)c1. The van der Waals surface area contributed by atoms with E-state index in [1.54, 1.807) is 6.07 Å². The number of aromatic carboxylic acids is 1. The number of hydrogen-bond acceptors (Lipinski definition) is 6. The van der Waals surface area contributed by atoms with Crippen LogP contribution in [0.25, 0.3) is 6.08 Å². The highest BCUT2D eigenvalue weighted by Crippen LogP contribution is 2.32. The lowest BCUT2D eigenvalue weighted by molar-refractivity contribution is -0.127. The third-order valence-corrected chi connectivity index (χ3v) is 4.79. The van der Waals surface area contributed by atoms with Crippen molar-refractivity contribution in [2.75, 3.05) is 11.9 Å². The molecule has 1 aliphatic heterocycles. The second kappa shape index (κ2) is 8.15. The normalized spacial score (nSPS) is 15.1. The molecule has 2 aromatic rings. The molecule has 29 heavy (non-hydrogen) atoms. The van der Waals surface area contributed by atoms with Gasteiger partial charge in [-0.25, -0.2) is 9.18 Å². The van der Waals surface area contributed by atoms with Crippen LogP contribution in [0.5, 0.6) is 5.75 Å². The van der Waals surface area contributed by atoms with Gasteiger partial charge in [0.15, 0.2) is 0 Å². The Balaban J connectivity index is 1.70. The summed E-state index contributed by atoms with van der Waals surface area (Å²) < 4.78 is 13.7. The summed E-state index contributed by atoms with van der Waals surface area (Å²) in [7, 11) is 0. The van der Waals surface area contributed by atoms with E-state index in [0.29, 0.717) is 16.7 Å². The van der Waals surface area contributed by atoms with Gasteiger partial charge in [-0.1, -0.05) is 18.2 Å². The van der Waals surface area contributed by atoms with E-state index in [-0.39, 0.29) is 21.7 Å². The molecule has 1 heterocycles. The number of nitrogens with one attached hydrogen (secondary N) is 1. The molecule has 0 spiro atoms. The number of carboxylic acids is 1. The molecule has 10 heteroatoms. The van der Waals surface area contributed by atoms with Crippen LogP contribution < -0.4 is 5.32 Å². The summed E-state index contributed by atoms with van der Waals surface area (Å²) in [6.07, 6.45) is 1.24. The Morgan fingerprint density at radius 1 is 1.17 bits per heavy atom. The molecule has 0 aliphatic carbocycles. The predicted octanol–water partition coefficient (Wildman–Crippen LogP) is 2.90. The maximum Gasteiger partial charge on any atom is 0.339 e. The van der Waals surface area contributed by atoms with E-state index in [1.165, 1.54) is 30.3 Å². The van der Waals surface area contributed by atoms with Crippen LogP contribution in [-0.2, 0) is 9.59 Å². The Bertz CT molecular complexity index is 1070. The predicted molar refractivity (Wildman–Crippen MR) is 103 cm³/mol. The first-order valence-corrected chi connectivity index (χ1v) is 8.94. The number of halogens is 1. The van der Waals surface area contributed by atoms with E-state index in [9.17, 15) is 28.7 Å². The van der Waals surface area contributed by atoms with Crippen LogP contribution in [0.2, 0.25) is 0 Å². The highest BCUT2D eigenvalue weighted by molar-refractivity contribution is 8.18. The quantitative estimate of drug-likeness (QED) is 0.640. The standard InChI is InChI=1S/C19H13FN2O6S/c20-13-4-2-1-3-10(13)7-15-17(25)22(19(28)29-15)9-16(24)21-11-5-6-12(18(26)27)14(23)8-11/h1-8,23H,9H2,(H,21,24)(H,26,27). The Kier molecular flexibility index (Phi) is 5.64. The molecule has 0 unspecified atom stereocenters. The summed E-state index contributed by atoms with van der Waals surface area (Å²) in [4.78, 5) is 48.2. The zero-order valence-electron chi connectivity index (χ0n) is 14.6. The van der Waals surface area contributed by atoms with Crippen molar-refractivity contribution in [3.63, 3.8) is 0 Å². The summed E-state index contributed by atoms with van der Waals surface area (Å²) in [6.45, 7) is -0.597. The van der Waals surface area contributed by atoms with Crippen molar-refractivity contribution in [1.29, 1.82) is 0 Å². The van der Waals surface area contributed by atoms with Gasteiger partial charge in [-0.2, -0.15) is 0 Å². The van der Waals surface area contributed by atoms with E-state index < -0.39 is 41.1 Å². The number of thioether (sulfide) groups is 1. The fraction of sp³-hybridized carbons (Fsp3) is 0.0526. The lowest BCUT2D eigenvalue weighted by Gasteiger charge is -2.13. The smallest absolute Gasteiger partial charge is 0.339 e. The Morgan fingerprint density at radius 3 is 2.55 bits per heavy atom. The Hall–Kier alpha value is -3.66. The van der Waals surface area contributed by atoms with Crippen molar-refractivity contribution < 1.29 is 33.8 Å². The average molecular weight is 416 g/mol. The second-order valence-electron chi connectivity index (χ2n) is 5.87. The van der Waals surface area contributed by atoms with Crippen molar-refractivity contribution in [2.24, 2.45) is 0 Å². The zero-order valence-corrected chi connectivity index (χ0v) is 15.4. The van der Waals surface area contributed by atoms with Gasteiger partial charge in [0.05, 0.1) is 4.91 Å². The Morgan fingerprint density at radius 2 is 1.90 bits per heavy atom. The van der Waals surface area contributed by atoms with Crippen molar-refractivity contribution in [3.8, 4) is 5.75 Å². The third-order valence-electron chi connectivity index (χ3n) is 3.88. The van der Waals surface area contributed by atoms with E-state index in [2.05, 4.69) is 5.32 Å². The third kappa shape index (κ3) is 4.43. The number of anilines is 1. The summed E-state index contributed by atoms with van der Waals surface area (Å²) in [6, 6.07) is 9.13. The first kappa shape index (κ1) is 20.1. The van der Waals surface area contributed by atoms with E-state index in [0.717, 1.165) is 12.1 Å². The number of aromatic hydroxyl groups is 1. The number of carbonyl (C=O) groups excluding carboxylic acids is 3. The van der Waals surface area contributed by atoms with Gasteiger partial charge in [-0.3, -0.25) is 19.3 Å². The van der Waals surface area contributed by atoms with Crippen LogP contribution in [0.3, 0.4) is 0 Å². The summed E-state index contributed by atoms with van der Waals surface area (Å²) in [5, 5.41) is 20.2. The molecule has 3 amide bonds. The maximum absolute atomic E-state index is 13.7. The van der Waals surface area contributed by atoms with Gasteiger partial charge >= 0.3 is 5.97 Å². The van der Waals surface area contributed by atoms with Crippen LogP contribution in [0, 0.1) is 5.82 Å². The van der Waals surface area contributed by atoms with Gasteiger partial charge in [-0.05, 0) is 36.0 Å².